The standard InChI is InChI=1S/C18H15Cl2N3OS/c1-11(15-8-5-13(19)9-16(15)20)22-23-18-21-17(10-25-18)12-3-6-14(24-2)7-4-12/h3-10H,1-2H3,(H,21,23)/b22-11+. The molecule has 0 saturated carbocycles. The zero-order chi connectivity index (χ0) is 17.8. The van der Waals surface area contributed by atoms with Crippen molar-refractivity contribution in [1.82, 2.24) is 4.98 Å². The third kappa shape index (κ3) is 4.31. The number of aromatic nitrogens is 1. The lowest BCUT2D eigenvalue weighted by Gasteiger charge is -2.04. The minimum absolute atomic E-state index is 0.564. The molecule has 1 aromatic heterocycles. The highest BCUT2D eigenvalue weighted by atomic mass is 35.5. The van der Waals surface area contributed by atoms with Crippen molar-refractivity contribution in [3.05, 3.63) is 63.5 Å². The van der Waals surface area contributed by atoms with Gasteiger partial charge in [-0.15, -0.1) is 11.3 Å². The van der Waals surface area contributed by atoms with Gasteiger partial charge in [0, 0.05) is 21.5 Å². The summed E-state index contributed by atoms with van der Waals surface area (Å²) < 4.78 is 5.17. The minimum Gasteiger partial charge on any atom is -0.497 e. The first-order valence-corrected chi connectivity index (χ1v) is 9.06. The third-order valence-electron chi connectivity index (χ3n) is 3.53. The number of hydrazone groups is 1. The first-order chi connectivity index (χ1) is 12.1. The molecule has 25 heavy (non-hydrogen) atoms. The lowest BCUT2D eigenvalue weighted by molar-refractivity contribution is 0.415. The maximum atomic E-state index is 6.20. The maximum absolute atomic E-state index is 6.20. The molecular formula is C18H15Cl2N3OS. The summed E-state index contributed by atoms with van der Waals surface area (Å²) in [6.07, 6.45) is 0. The molecule has 0 aliphatic rings. The molecule has 0 radical (unpaired) electrons. The Kier molecular flexibility index (Phi) is 5.58. The van der Waals surface area contributed by atoms with E-state index in [4.69, 9.17) is 27.9 Å². The molecule has 1 N–H and O–H groups in total. The number of thiazole rings is 1. The number of anilines is 1. The van der Waals surface area contributed by atoms with Crippen LogP contribution in [-0.4, -0.2) is 17.8 Å². The number of rotatable bonds is 5. The van der Waals surface area contributed by atoms with E-state index in [0.717, 1.165) is 28.3 Å². The van der Waals surface area contributed by atoms with Gasteiger partial charge >= 0.3 is 0 Å². The molecule has 0 atom stereocenters. The van der Waals surface area contributed by atoms with Crippen LogP contribution in [0.1, 0.15) is 12.5 Å². The van der Waals surface area contributed by atoms with E-state index in [1.54, 1.807) is 19.2 Å². The highest BCUT2D eigenvalue weighted by molar-refractivity contribution is 7.14. The molecule has 0 bridgehead atoms. The SMILES string of the molecule is COc1ccc(-c2csc(N/N=C(\C)c3ccc(Cl)cc3Cl)n2)cc1. The van der Waals surface area contributed by atoms with E-state index in [1.807, 2.05) is 42.6 Å². The number of nitrogens with one attached hydrogen (secondary N) is 1. The molecule has 0 aliphatic heterocycles. The van der Waals surface area contributed by atoms with Crippen molar-refractivity contribution in [1.29, 1.82) is 0 Å². The average molecular weight is 392 g/mol. The van der Waals surface area contributed by atoms with E-state index in [-0.39, 0.29) is 0 Å². The highest BCUT2D eigenvalue weighted by Gasteiger charge is 2.07. The molecule has 3 rings (SSSR count). The molecule has 2 aromatic carbocycles. The lowest BCUT2D eigenvalue weighted by Crippen LogP contribution is -2.00. The molecule has 3 aromatic rings. The van der Waals surface area contributed by atoms with Gasteiger partial charge in [0.1, 0.15) is 5.75 Å². The first kappa shape index (κ1) is 17.7. The lowest BCUT2D eigenvalue weighted by atomic mass is 10.1. The Hall–Kier alpha value is -2.08. The molecule has 4 nitrogen and oxygen atoms in total. The zero-order valence-electron chi connectivity index (χ0n) is 13.6. The highest BCUT2D eigenvalue weighted by Crippen LogP contribution is 2.27. The van der Waals surface area contributed by atoms with Gasteiger partial charge in [0.25, 0.3) is 0 Å². The van der Waals surface area contributed by atoms with E-state index in [0.29, 0.717) is 15.2 Å². The van der Waals surface area contributed by atoms with Crippen molar-refractivity contribution in [2.75, 3.05) is 12.5 Å². The summed E-state index contributed by atoms with van der Waals surface area (Å²) >= 11 is 13.6. The number of benzene rings is 2. The molecule has 0 saturated heterocycles. The number of nitrogens with zero attached hydrogens (tertiary/aromatic N) is 2. The van der Waals surface area contributed by atoms with E-state index in [9.17, 15) is 0 Å². The summed E-state index contributed by atoms with van der Waals surface area (Å²) in [5, 5.41) is 8.20. The third-order valence-corrected chi connectivity index (χ3v) is 4.82. The second-order valence-corrected chi connectivity index (χ2v) is 6.90. The predicted octanol–water partition coefficient (Wildman–Crippen LogP) is 5.96. The smallest absolute Gasteiger partial charge is 0.203 e. The Bertz CT molecular complexity index is 907. The second kappa shape index (κ2) is 7.87. The zero-order valence-corrected chi connectivity index (χ0v) is 15.9. The van der Waals surface area contributed by atoms with Crippen LogP contribution in [0.3, 0.4) is 0 Å². The summed E-state index contributed by atoms with van der Waals surface area (Å²) in [6, 6.07) is 13.1. The van der Waals surface area contributed by atoms with Crippen LogP contribution < -0.4 is 10.2 Å². The molecule has 7 heteroatoms. The largest absolute Gasteiger partial charge is 0.497 e. The molecule has 1 heterocycles. The Morgan fingerprint density at radius 1 is 1.16 bits per heavy atom. The molecular weight excluding hydrogens is 377 g/mol. The van der Waals surface area contributed by atoms with Gasteiger partial charge in [-0.1, -0.05) is 29.3 Å². The van der Waals surface area contributed by atoms with Gasteiger partial charge in [0.15, 0.2) is 0 Å². The fraction of sp³-hybridized carbons (Fsp3) is 0.111. The van der Waals surface area contributed by atoms with Crippen LogP contribution in [0.25, 0.3) is 11.3 Å². The first-order valence-electron chi connectivity index (χ1n) is 7.42. The normalized spacial score (nSPS) is 11.4. The van der Waals surface area contributed by atoms with Crippen molar-refractivity contribution in [2.45, 2.75) is 6.92 Å². The Morgan fingerprint density at radius 2 is 1.92 bits per heavy atom. The Labute approximate surface area is 160 Å². The number of halogens is 2. The van der Waals surface area contributed by atoms with Crippen LogP contribution in [0, 0.1) is 0 Å². The van der Waals surface area contributed by atoms with Crippen LogP contribution in [-0.2, 0) is 0 Å². The summed E-state index contributed by atoms with van der Waals surface area (Å²) in [5.74, 6) is 0.817. The molecule has 128 valence electrons. The molecule has 0 aliphatic carbocycles. The van der Waals surface area contributed by atoms with Gasteiger partial charge in [-0.05, 0) is 43.3 Å². The monoisotopic (exact) mass is 391 g/mol. The predicted molar refractivity (Wildman–Crippen MR) is 106 cm³/mol. The second-order valence-electron chi connectivity index (χ2n) is 5.20. The molecule has 0 fully saturated rings. The molecule has 0 amide bonds. The molecule has 0 spiro atoms. The van der Waals surface area contributed by atoms with E-state index in [1.165, 1.54) is 11.3 Å². The van der Waals surface area contributed by atoms with E-state index in [2.05, 4.69) is 15.5 Å². The van der Waals surface area contributed by atoms with Gasteiger partial charge in [-0.25, -0.2) is 4.98 Å². The summed E-state index contributed by atoms with van der Waals surface area (Å²) in [5.41, 5.74) is 6.46. The van der Waals surface area contributed by atoms with Gasteiger partial charge in [-0.3, -0.25) is 5.43 Å². The van der Waals surface area contributed by atoms with Crippen molar-refractivity contribution in [2.24, 2.45) is 5.10 Å². The summed E-state index contributed by atoms with van der Waals surface area (Å²) in [6.45, 7) is 1.88. The van der Waals surface area contributed by atoms with Crippen molar-refractivity contribution < 1.29 is 4.74 Å². The van der Waals surface area contributed by atoms with Gasteiger partial charge in [-0.2, -0.15) is 5.10 Å². The number of hydrogen-bond acceptors (Lipinski definition) is 5. The van der Waals surface area contributed by atoms with Crippen LogP contribution in [0.4, 0.5) is 5.13 Å². The average Bonchev–Trinajstić information content (AvgIpc) is 3.09. The van der Waals surface area contributed by atoms with Crippen molar-refractivity contribution >= 4 is 45.4 Å². The van der Waals surface area contributed by atoms with Gasteiger partial charge < -0.3 is 4.74 Å². The Morgan fingerprint density at radius 3 is 2.60 bits per heavy atom. The van der Waals surface area contributed by atoms with Crippen molar-refractivity contribution in [3.8, 4) is 17.0 Å². The van der Waals surface area contributed by atoms with Crippen LogP contribution in [0.5, 0.6) is 5.75 Å². The summed E-state index contributed by atoms with van der Waals surface area (Å²) in [7, 11) is 1.65. The topological polar surface area (TPSA) is 46.5 Å². The number of hydrogen-bond donors (Lipinski definition) is 1. The fourth-order valence-electron chi connectivity index (χ4n) is 2.19. The van der Waals surface area contributed by atoms with Gasteiger partial charge in [0.05, 0.1) is 23.5 Å². The van der Waals surface area contributed by atoms with Gasteiger partial charge in [0.2, 0.25) is 5.13 Å². The van der Waals surface area contributed by atoms with Crippen LogP contribution >= 0.6 is 34.5 Å². The van der Waals surface area contributed by atoms with E-state index >= 15 is 0 Å². The van der Waals surface area contributed by atoms with Crippen molar-refractivity contribution in [3.63, 3.8) is 0 Å². The maximum Gasteiger partial charge on any atom is 0.203 e. The summed E-state index contributed by atoms with van der Waals surface area (Å²) in [4.78, 5) is 4.54. The molecule has 0 unspecified atom stereocenters. The van der Waals surface area contributed by atoms with Crippen LogP contribution in [0.2, 0.25) is 10.0 Å². The van der Waals surface area contributed by atoms with E-state index < -0.39 is 0 Å². The minimum atomic E-state index is 0.564. The fourth-order valence-corrected chi connectivity index (χ4v) is 3.40. The number of methoxy groups -OCH3 is 1. The Balaban J connectivity index is 1.74. The number of ether oxygens (including phenoxy) is 1. The quantitative estimate of drug-likeness (QED) is 0.430. The van der Waals surface area contributed by atoms with Crippen LogP contribution in [0.15, 0.2) is 52.9 Å².